The van der Waals surface area contributed by atoms with Gasteiger partial charge in [-0.25, -0.2) is 9.67 Å². The maximum absolute atomic E-state index is 11.7. The van der Waals surface area contributed by atoms with E-state index in [0.717, 1.165) is 16.5 Å². The Bertz CT molecular complexity index is 1170. The Balaban J connectivity index is 1.69. The molecule has 0 aliphatic heterocycles. The average Bonchev–Trinajstić information content (AvgIpc) is 3.27. The van der Waals surface area contributed by atoms with Gasteiger partial charge in [-0.15, -0.1) is 5.10 Å². The molecular formula is C19H17ClN6O2. The van der Waals surface area contributed by atoms with Crippen molar-refractivity contribution in [2.24, 2.45) is 0 Å². The summed E-state index contributed by atoms with van der Waals surface area (Å²) >= 11 is 6.12. The number of nitrogens with two attached hydrogens (primary N) is 1. The second-order valence-electron chi connectivity index (χ2n) is 6.10. The molecule has 0 saturated heterocycles. The van der Waals surface area contributed by atoms with Crippen LogP contribution in [-0.4, -0.2) is 36.9 Å². The minimum absolute atomic E-state index is 0.201. The fourth-order valence-electron chi connectivity index (χ4n) is 2.93. The highest BCUT2D eigenvalue weighted by molar-refractivity contribution is 6.31. The van der Waals surface area contributed by atoms with E-state index >= 15 is 0 Å². The van der Waals surface area contributed by atoms with E-state index in [1.807, 2.05) is 24.5 Å². The summed E-state index contributed by atoms with van der Waals surface area (Å²) in [7, 11) is 0. The number of nitrogens with zero attached hydrogens (tertiary/aromatic N) is 5. The minimum atomic E-state index is -0.268. The van der Waals surface area contributed by atoms with Crippen molar-refractivity contribution in [3.05, 3.63) is 59.6 Å². The molecule has 0 saturated carbocycles. The largest absolute Gasteiger partial charge is 0.466 e. The first-order valence-corrected chi connectivity index (χ1v) is 9.02. The van der Waals surface area contributed by atoms with E-state index in [2.05, 4.69) is 15.1 Å². The first-order chi connectivity index (χ1) is 13.5. The molecule has 8 nitrogen and oxygen atoms in total. The Morgan fingerprint density at radius 2 is 2.07 bits per heavy atom. The van der Waals surface area contributed by atoms with Crippen LogP contribution in [0.25, 0.3) is 22.5 Å². The topological polar surface area (TPSA) is 101 Å². The second kappa shape index (κ2) is 7.32. The number of hydrogen-bond donors (Lipinski definition) is 1. The number of esters is 1. The van der Waals surface area contributed by atoms with Gasteiger partial charge < -0.3 is 15.0 Å². The van der Waals surface area contributed by atoms with Crippen molar-refractivity contribution in [3.63, 3.8) is 0 Å². The van der Waals surface area contributed by atoms with Gasteiger partial charge in [-0.1, -0.05) is 11.6 Å². The van der Waals surface area contributed by atoms with Crippen LogP contribution in [0.2, 0.25) is 5.02 Å². The Morgan fingerprint density at radius 1 is 1.25 bits per heavy atom. The first-order valence-electron chi connectivity index (χ1n) is 8.64. The van der Waals surface area contributed by atoms with Gasteiger partial charge in [0.05, 0.1) is 30.9 Å². The third kappa shape index (κ3) is 3.41. The van der Waals surface area contributed by atoms with E-state index in [0.29, 0.717) is 29.1 Å². The monoisotopic (exact) mass is 396 g/mol. The fourth-order valence-corrected chi connectivity index (χ4v) is 3.09. The normalized spacial score (nSPS) is 11.1. The lowest BCUT2D eigenvalue weighted by atomic mass is 10.2. The maximum Gasteiger partial charge on any atom is 0.310 e. The van der Waals surface area contributed by atoms with Crippen LogP contribution in [0.5, 0.6) is 0 Å². The smallest absolute Gasteiger partial charge is 0.310 e. The van der Waals surface area contributed by atoms with Crippen LogP contribution in [0.1, 0.15) is 12.5 Å². The summed E-state index contributed by atoms with van der Waals surface area (Å²) in [5, 5.41) is 5.73. The van der Waals surface area contributed by atoms with Crippen LogP contribution < -0.4 is 5.73 Å². The lowest BCUT2D eigenvalue weighted by Crippen LogP contribution is -2.07. The van der Waals surface area contributed by atoms with E-state index in [1.54, 1.807) is 40.7 Å². The molecule has 4 rings (SSSR count). The summed E-state index contributed by atoms with van der Waals surface area (Å²) in [5.74, 6) is 1.20. The van der Waals surface area contributed by atoms with Crippen LogP contribution in [0.4, 0.5) is 5.82 Å². The third-order valence-electron chi connectivity index (χ3n) is 4.17. The van der Waals surface area contributed by atoms with Crippen LogP contribution in [-0.2, 0) is 16.0 Å². The molecule has 3 aromatic heterocycles. The van der Waals surface area contributed by atoms with Crippen molar-refractivity contribution >= 4 is 34.3 Å². The zero-order chi connectivity index (χ0) is 19.7. The van der Waals surface area contributed by atoms with Crippen LogP contribution in [0.15, 0.2) is 49.1 Å². The number of ether oxygens (including phenoxy) is 1. The number of aromatic nitrogens is 5. The highest BCUT2D eigenvalue weighted by Crippen LogP contribution is 2.26. The predicted molar refractivity (Wildman–Crippen MR) is 106 cm³/mol. The Hall–Kier alpha value is -3.39. The lowest BCUT2D eigenvalue weighted by Gasteiger charge is -2.06. The molecule has 0 atom stereocenters. The van der Waals surface area contributed by atoms with Gasteiger partial charge in [0.1, 0.15) is 0 Å². The number of halogens is 1. The van der Waals surface area contributed by atoms with Crippen molar-refractivity contribution in [2.75, 3.05) is 12.3 Å². The number of nitrogen functional groups attached to an aromatic ring is 1. The van der Waals surface area contributed by atoms with E-state index in [9.17, 15) is 4.79 Å². The van der Waals surface area contributed by atoms with E-state index in [4.69, 9.17) is 22.1 Å². The van der Waals surface area contributed by atoms with Crippen LogP contribution in [0, 0.1) is 0 Å². The van der Waals surface area contributed by atoms with Gasteiger partial charge in [-0.05, 0) is 36.8 Å². The minimum Gasteiger partial charge on any atom is -0.466 e. The quantitative estimate of drug-likeness (QED) is 0.520. The number of hydrogen-bond acceptors (Lipinski definition) is 6. The number of anilines is 1. The highest BCUT2D eigenvalue weighted by atomic mass is 35.5. The first kappa shape index (κ1) is 18.0. The standard InChI is InChI=1S/C19H17ClN6O2/c1-2-28-18(27)7-12-5-6-25(11-12)16-9-22-10-17(23-16)26-15-8-13(20)3-4-14(15)19(21)24-26/h3-6,8-11H,2,7H2,1H3,(H2,21,24). The maximum atomic E-state index is 11.7. The van der Waals surface area contributed by atoms with Crippen molar-refractivity contribution < 1.29 is 9.53 Å². The lowest BCUT2D eigenvalue weighted by molar-refractivity contribution is -0.142. The van der Waals surface area contributed by atoms with Crippen LogP contribution >= 0.6 is 11.6 Å². The molecule has 2 N–H and O–H groups in total. The summed E-state index contributed by atoms with van der Waals surface area (Å²) in [4.78, 5) is 20.5. The van der Waals surface area contributed by atoms with Gasteiger partial charge in [0.25, 0.3) is 0 Å². The third-order valence-corrected chi connectivity index (χ3v) is 4.41. The van der Waals surface area contributed by atoms with Gasteiger partial charge in [0.2, 0.25) is 0 Å². The summed E-state index contributed by atoms with van der Waals surface area (Å²) in [6.07, 6.45) is 7.05. The summed E-state index contributed by atoms with van der Waals surface area (Å²) in [5.41, 5.74) is 7.58. The Labute approximate surface area is 165 Å². The number of rotatable bonds is 5. The molecule has 0 bridgehead atoms. The van der Waals surface area contributed by atoms with Gasteiger partial charge in [-0.2, -0.15) is 0 Å². The summed E-state index contributed by atoms with van der Waals surface area (Å²) in [6.45, 7) is 2.14. The zero-order valence-electron chi connectivity index (χ0n) is 15.0. The molecular weight excluding hydrogens is 380 g/mol. The second-order valence-corrected chi connectivity index (χ2v) is 6.54. The molecule has 0 aliphatic carbocycles. The van der Waals surface area contributed by atoms with Gasteiger partial charge in [-0.3, -0.25) is 9.78 Å². The van der Waals surface area contributed by atoms with Gasteiger partial charge >= 0.3 is 5.97 Å². The number of fused-ring (bicyclic) bond motifs is 1. The molecule has 4 aromatic rings. The van der Waals surface area contributed by atoms with Crippen LogP contribution in [0.3, 0.4) is 0 Å². The van der Waals surface area contributed by atoms with E-state index in [1.165, 1.54) is 0 Å². The Morgan fingerprint density at radius 3 is 2.89 bits per heavy atom. The molecule has 9 heteroatoms. The summed E-state index contributed by atoms with van der Waals surface area (Å²) < 4.78 is 8.37. The van der Waals surface area contributed by atoms with E-state index in [-0.39, 0.29) is 12.4 Å². The fraction of sp³-hybridized carbons (Fsp3) is 0.158. The van der Waals surface area contributed by atoms with E-state index < -0.39 is 0 Å². The summed E-state index contributed by atoms with van der Waals surface area (Å²) in [6, 6.07) is 7.20. The molecule has 0 aliphatic rings. The predicted octanol–water partition coefficient (Wildman–Crippen LogP) is 2.95. The molecule has 0 unspecified atom stereocenters. The van der Waals surface area contributed by atoms with Gasteiger partial charge in [0.15, 0.2) is 17.5 Å². The molecule has 0 fully saturated rings. The number of benzene rings is 1. The van der Waals surface area contributed by atoms with Crippen molar-refractivity contribution in [3.8, 4) is 11.6 Å². The molecule has 1 aromatic carbocycles. The van der Waals surface area contributed by atoms with Crippen molar-refractivity contribution in [2.45, 2.75) is 13.3 Å². The Kier molecular flexibility index (Phi) is 4.70. The molecule has 3 heterocycles. The van der Waals surface area contributed by atoms with Crippen molar-refractivity contribution in [1.82, 2.24) is 24.3 Å². The molecule has 142 valence electrons. The average molecular weight is 397 g/mol. The molecule has 0 spiro atoms. The number of carbonyl (C=O) groups is 1. The molecule has 0 amide bonds. The highest BCUT2D eigenvalue weighted by Gasteiger charge is 2.13. The van der Waals surface area contributed by atoms with Crippen molar-refractivity contribution in [1.29, 1.82) is 0 Å². The number of carbonyl (C=O) groups excluding carboxylic acids is 1. The molecule has 0 radical (unpaired) electrons. The molecule has 28 heavy (non-hydrogen) atoms. The SMILES string of the molecule is CCOC(=O)Cc1ccn(-c2cncc(-n3nc(N)c4ccc(Cl)cc43)n2)c1. The zero-order valence-corrected chi connectivity index (χ0v) is 15.8. The van der Waals surface area contributed by atoms with Gasteiger partial charge in [0, 0.05) is 22.8 Å².